The Bertz CT molecular complexity index is 595. The van der Waals surface area contributed by atoms with Crippen molar-refractivity contribution in [2.75, 3.05) is 6.61 Å². The van der Waals surface area contributed by atoms with Crippen molar-refractivity contribution in [3.8, 4) is 0 Å². The maximum atomic E-state index is 6.94. The molecule has 2 rings (SSSR count). The molecule has 0 saturated carbocycles. The largest absolute Gasteiger partial charge is 0.546 e. The van der Waals surface area contributed by atoms with Gasteiger partial charge in [-0.05, 0) is 28.3 Å². The standard InChI is InChI=1S/C23H36O2Si/c1-17(2)26(18(3)4,19(5)6)25-23-15-16-24-22(20(23)7)14-13-21-11-9-8-10-12-21/h8-15,17-20,22H,16H2,1-7H3/b14-13+/t20-,22+/m0/s1. The minimum atomic E-state index is -1.92. The molecule has 0 spiro atoms. The molecule has 2 nitrogen and oxygen atoms in total. The molecule has 2 atom stereocenters. The lowest BCUT2D eigenvalue weighted by Gasteiger charge is -2.45. The van der Waals surface area contributed by atoms with E-state index in [0.29, 0.717) is 23.2 Å². The normalized spacial score (nSPS) is 21.7. The molecule has 0 aliphatic carbocycles. The SMILES string of the molecule is CC(C)[Si](OC1=CCO[C@H](/C=C/c2ccccc2)[C@@H]1C)(C(C)C)C(C)C. The molecule has 3 heteroatoms. The van der Waals surface area contributed by atoms with E-state index in [9.17, 15) is 0 Å². The van der Waals surface area contributed by atoms with Crippen LogP contribution in [0, 0.1) is 5.92 Å². The topological polar surface area (TPSA) is 18.5 Å². The summed E-state index contributed by atoms with van der Waals surface area (Å²) in [7, 11) is -1.92. The first-order valence-corrected chi connectivity index (χ1v) is 12.2. The summed E-state index contributed by atoms with van der Waals surface area (Å²) in [5, 5.41) is 0. The molecule has 1 heterocycles. The average molecular weight is 373 g/mol. The van der Waals surface area contributed by atoms with E-state index in [2.05, 4.69) is 91.0 Å². The molecular formula is C23H36O2Si. The lowest BCUT2D eigenvalue weighted by Crippen LogP contribution is -2.49. The van der Waals surface area contributed by atoms with Crippen molar-refractivity contribution >= 4 is 14.4 Å². The Morgan fingerprint density at radius 3 is 2.12 bits per heavy atom. The van der Waals surface area contributed by atoms with Crippen LogP contribution in [0.1, 0.15) is 54.0 Å². The summed E-state index contributed by atoms with van der Waals surface area (Å²) in [5.74, 6) is 1.38. The fourth-order valence-electron chi connectivity index (χ4n) is 4.42. The third kappa shape index (κ3) is 4.50. The quantitative estimate of drug-likeness (QED) is 0.489. The van der Waals surface area contributed by atoms with Crippen molar-refractivity contribution in [3.05, 3.63) is 53.8 Å². The lowest BCUT2D eigenvalue weighted by molar-refractivity contribution is 0.0495. The summed E-state index contributed by atoms with van der Waals surface area (Å²) in [6.07, 6.45) is 6.56. The maximum Gasteiger partial charge on any atom is 0.258 e. The van der Waals surface area contributed by atoms with Crippen LogP contribution >= 0.6 is 0 Å². The first kappa shape index (κ1) is 21.0. The van der Waals surface area contributed by atoms with Crippen LogP contribution in [0.25, 0.3) is 6.08 Å². The molecule has 0 aromatic heterocycles. The Morgan fingerprint density at radius 2 is 1.58 bits per heavy atom. The highest BCUT2D eigenvalue weighted by molar-refractivity contribution is 6.77. The molecule has 0 bridgehead atoms. The molecule has 1 aromatic rings. The Balaban J connectivity index is 2.19. The molecule has 26 heavy (non-hydrogen) atoms. The summed E-state index contributed by atoms with van der Waals surface area (Å²) in [6, 6.07) is 10.4. The molecule has 0 unspecified atom stereocenters. The molecule has 1 aromatic carbocycles. The summed E-state index contributed by atoms with van der Waals surface area (Å²) in [6.45, 7) is 16.9. The van der Waals surface area contributed by atoms with Crippen LogP contribution in [-0.4, -0.2) is 21.0 Å². The van der Waals surface area contributed by atoms with Crippen LogP contribution in [0.4, 0.5) is 0 Å². The molecule has 0 saturated heterocycles. The molecule has 0 amide bonds. The zero-order valence-electron chi connectivity index (χ0n) is 17.5. The van der Waals surface area contributed by atoms with Crippen molar-refractivity contribution in [2.24, 2.45) is 5.92 Å². The van der Waals surface area contributed by atoms with Crippen molar-refractivity contribution < 1.29 is 9.16 Å². The molecule has 0 fully saturated rings. The minimum Gasteiger partial charge on any atom is -0.546 e. The van der Waals surface area contributed by atoms with Crippen LogP contribution in [-0.2, 0) is 9.16 Å². The predicted octanol–water partition coefficient (Wildman–Crippen LogP) is 6.81. The summed E-state index contributed by atoms with van der Waals surface area (Å²) < 4.78 is 13.0. The second-order valence-electron chi connectivity index (χ2n) is 8.38. The van der Waals surface area contributed by atoms with Gasteiger partial charge in [-0.2, -0.15) is 0 Å². The van der Waals surface area contributed by atoms with E-state index in [4.69, 9.17) is 9.16 Å². The number of ether oxygens (including phenoxy) is 1. The van der Waals surface area contributed by atoms with Gasteiger partial charge in [0, 0.05) is 5.92 Å². The number of hydrogen-bond acceptors (Lipinski definition) is 2. The molecule has 1 aliphatic rings. The van der Waals surface area contributed by atoms with E-state index >= 15 is 0 Å². The predicted molar refractivity (Wildman–Crippen MR) is 115 cm³/mol. The van der Waals surface area contributed by atoms with E-state index in [1.165, 1.54) is 5.56 Å². The first-order chi connectivity index (χ1) is 12.3. The Hall–Kier alpha value is -1.32. The van der Waals surface area contributed by atoms with Crippen LogP contribution < -0.4 is 0 Å². The first-order valence-electron chi connectivity index (χ1n) is 10.0. The molecule has 144 valence electrons. The Morgan fingerprint density at radius 1 is 1.00 bits per heavy atom. The third-order valence-electron chi connectivity index (χ3n) is 5.79. The average Bonchev–Trinajstić information content (AvgIpc) is 2.59. The molecule has 1 aliphatic heterocycles. The van der Waals surface area contributed by atoms with Gasteiger partial charge in [-0.3, -0.25) is 0 Å². The molecule has 0 radical (unpaired) electrons. The number of benzene rings is 1. The monoisotopic (exact) mass is 372 g/mol. The number of hydrogen-bond donors (Lipinski definition) is 0. The molecular weight excluding hydrogens is 336 g/mol. The van der Waals surface area contributed by atoms with E-state index in [0.717, 1.165) is 5.76 Å². The van der Waals surface area contributed by atoms with Gasteiger partial charge in [0.25, 0.3) is 8.32 Å². The Labute approximate surface area is 161 Å². The fraction of sp³-hybridized carbons (Fsp3) is 0.565. The molecule has 0 N–H and O–H groups in total. The van der Waals surface area contributed by atoms with E-state index in [1.54, 1.807) is 0 Å². The lowest BCUT2D eigenvalue weighted by atomic mass is 9.99. The Kier molecular flexibility index (Phi) is 7.30. The van der Waals surface area contributed by atoms with Crippen LogP contribution in [0.15, 0.2) is 48.2 Å². The zero-order chi connectivity index (χ0) is 19.3. The van der Waals surface area contributed by atoms with Crippen molar-refractivity contribution in [2.45, 2.75) is 71.2 Å². The van der Waals surface area contributed by atoms with Gasteiger partial charge in [0.05, 0.1) is 18.5 Å². The van der Waals surface area contributed by atoms with E-state index in [1.807, 2.05) is 6.07 Å². The van der Waals surface area contributed by atoms with Gasteiger partial charge in [0.2, 0.25) is 0 Å². The second kappa shape index (κ2) is 9.05. The summed E-state index contributed by atoms with van der Waals surface area (Å²) in [5.41, 5.74) is 2.95. The highest BCUT2D eigenvalue weighted by atomic mass is 28.4. The number of rotatable bonds is 7. The van der Waals surface area contributed by atoms with Gasteiger partial charge in [-0.15, -0.1) is 0 Å². The van der Waals surface area contributed by atoms with E-state index < -0.39 is 8.32 Å². The minimum absolute atomic E-state index is 0.0633. The van der Waals surface area contributed by atoms with E-state index in [-0.39, 0.29) is 12.0 Å². The van der Waals surface area contributed by atoms with Crippen molar-refractivity contribution in [3.63, 3.8) is 0 Å². The smallest absolute Gasteiger partial charge is 0.258 e. The van der Waals surface area contributed by atoms with Crippen LogP contribution in [0.5, 0.6) is 0 Å². The van der Waals surface area contributed by atoms with Crippen molar-refractivity contribution in [1.29, 1.82) is 0 Å². The second-order valence-corrected chi connectivity index (χ2v) is 13.8. The maximum absolute atomic E-state index is 6.94. The highest BCUT2D eigenvalue weighted by Gasteiger charge is 2.48. The van der Waals surface area contributed by atoms with Gasteiger partial charge >= 0.3 is 0 Å². The van der Waals surface area contributed by atoms with Gasteiger partial charge in [-0.1, -0.05) is 91.0 Å². The van der Waals surface area contributed by atoms with Crippen LogP contribution in [0.3, 0.4) is 0 Å². The van der Waals surface area contributed by atoms with Gasteiger partial charge in [0.15, 0.2) is 0 Å². The van der Waals surface area contributed by atoms with Gasteiger partial charge in [-0.25, -0.2) is 0 Å². The highest BCUT2D eigenvalue weighted by Crippen LogP contribution is 2.45. The van der Waals surface area contributed by atoms with Crippen molar-refractivity contribution in [1.82, 2.24) is 0 Å². The zero-order valence-corrected chi connectivity index (χ0v) is 18.5. The third-order valence-corrected chi connectivity index (χ3v) is 11.8. The summed E-state index contributed by atoms with van der Waals surface area (Å²) >= 11 is 0. The summed E-state index contributed by atoms with van der Waals surface area (Å²) in [4.78, 5) is 0. The fourth-order valence-corrected chi connectivity index (χ4v) is 9.80. The van der Waals surface area contributed by atoms with Crippen LogP contribution in [0.2, 0.25) is 16.6 Å². The van der Waals surface area contributed by atoms with Gasteiger partial charge in [0.1, 0.15) is 0 Å². The van der Waals surface area contributed by atoms with Gasteiger partial charge < -0.3 is 9.16 Å².